The molecule has 2 heterocycles. The van der Waals surface area contributed by atoms with Crippen LogP contribution in [0.15, 0.2) is 36.7 Å². The Morgan fingerprint density at radius 3 is 2.50 bits per heavy atom. The Morgan fingerprint density at radius 2 is 1.79 bits per heavy atom. The Morgan fingerprint density at radius 1 is 0.929 bits per heavy atom. The molecule has 0 amide bonds. The molecule has 0 aromatic carbocycles. The highest BCUT2D eigenvalue weighted by Gasteiger charge is 2.07. The quantitative estimate of drug-likeness (QED) is 0.677. The lowest BCUT2D eigenvalue weighted by atomic mass is 10.2. The summed E-state index contributed by atoms with van der Waals surface area (Å²) in [5, 5.41) is 0. The fourth-order valence-corrected chi connectivity index (χ4v) is 2.11. The summed E-state index contributed by atoms with van der Waals surface area (Å²) in [4.78, 5) is 8.61. The van der Waals surface area contributed by atoms with Crippen molar-refractivity contribution in [3.8, 4) is 11.4 Å². The number of rotatable bonds is 1. The molecule has 0 fully saturated rings. The zero-order valence-electron chi connectivity index (χ0n) is 7.11. The van der Waals surface area contributed by atoms with Crippen LogP contribution >= 0.6 is 45.2 Å². The minimum atomic E-state index is 0.926. The first kappa shape index (κ1) is 10.3. The maximum atomic E-state index is 4.33. The van der Waals surface area contributed by atoms with E-state index in [-0.39, 0.29) is 0 Å². The van der Waals surface area contributed by atoms with Gasteiger partial charge in [-0.2, -0.15) is 0 Å². The normalized spacial score (nSPS) is 10.1. The SMILES string of the molecule is Ic1ccnc(-c2ccccn2)c1I. The van der Waals surface area contributed by atoms with Crippen LogP contribution in [0, 0.1) is 7.14 Å². The van der Waals surface area contributed by atoms with E-state index in [4.69, 9.17) is 0 Å². The molecule has 0 radical (unpaired) electrons. The maximum Gasteiger partial charge on any atom is 0.103 e. The molecule has 4 heteroatoms. The average molecular weight is 408 g/mol. The first-order valence-electron chi connectivity index (χ1n) is 4.00. The van der Waals surface area contributed by atoms with Crippen LogP contribution in [-0.2, 0) is 0 Å². The summed E-state index contributed by atoms with van der Waals surface area (Å²) in [5.41, 5.74) is 1.88. The fraction of sp³-hybridized carbons (Fsp3) is 0. The molecule has 2 aromatic heterocycles. The Kier molecular flexibility index (Phi) is 3.32. The standard InChI is InChI=1S/C10H6I2N2/c11-7-4-6-14-10(9(7)12)8-3-1-2-5-13-8/h1-6H. The van der Waals surface area contributed by atoms with Crippen molar-refractivity contribution in [2.24, 2.45) is 0 Å². The number of pyridine rings is 2. The second-order valence-corrected chi connectivity index (χ2v) is 4.91. The Labute approximate surface area is 109 Å². The molecule has 0 bridgehead atoms. The van der Waals surface area contributed by atoms with Crippen molar-refractivity contribution < 1.29 is 0 Å². The van der Waals surface area contributed by atoms with E-state index in [1.807, 2.05) is 30.5 Å². The van der Waals surface area contributed by atoms with Crippen molar-refractivity contribution >= 4 is 45.2 Å². The van der Waals surface area contributed by atoms with Crippen LogP contribution in [0.1, 0.15) is 0 Å². The molecule has 2 nitrogen and oxygen atoms in total. The molecule has 14 heavy (non-hydrogen) atoms. The Balaban J connectivity index is 2.58. The van der Waals surface area contributed by atoms with E-state index in [1.54, 1.807) is 6.20 Å². The van der Waals surface area contributed by atoms with Crippen molar-refractivity contribution in [3.05, 3.63) is 43.8 Å². The van der Waals surface area contributed by atoms with Crippen LogP contribution in [0.2, 0.25) is 0 Å². The van der Waals surface area contributed by atoms with Crippen LogP contribution in [0.3, 0.4) is 0 Å². The van der Waals surface area contributed by atoms with Crippen molar-refractivity contribution in [3.63, 3.8) is 0 Å². The summed E-state index contributed by atoms with van der Waals surface area (Å²) in [6.45, 7) is 0. The van der Waals surface area contributed by atoms with E-state index >= 15 is 0 Å². The first-order valence-corrected chi connectivity index (χ1v) is 6.16. The summed E-state index contributed by atoms with van der Waals surface area (Å²) in [7, 11) is 0. The van der Waals surface area contributed by atoms with Gasteiger partial charge in [0.2, 0.25) is 0 Å². The fourth-order valence-electron chi connectivity index (χ4n) is 1.10. The molecule has 70 valence electrons. The lowest BCUT2D eigenvalue weighted by molar-refractivity contribution is 1.23. The summed E-state index contributed by atoms with van der Waals surface area (Å²) in [5.74, 6) is 0. The van der Waals surface area contributed by atoms with E-state index in [9.17, 15) is 0 Å². The average Bonchev–Trinajstić information content (AvgIpc) is 2.23. The molecule has 2 aromatic rings. The van der Waals surface area contributed by atoms with Gasteiger partial charge in [-0.15, -0.1) is 0 Å². The van der Waals surface area contributed by atoms with Crippen LogP contribution < -0.4 is 0 Å². The molecular formula is C10H6I2N2. The van der Waals surface area contributed by atoms with Crippen LogP contribution in [0.25, 0.3) is 11.4 Å². The molecule has 0 aliphatic carbocycles. The van der Waals surface area contributed by atoms with Gasteiger partial charge in [0.15, 0.2) is 0 Å². The van der Waals surface area contributed by atoms with Crippen LogP contribution in [0.4, 0.5) is 0 Å². The van der Waals surface area contributed by atoms with Crippen molar-refractivity contribution in [2.45, 2.75) is 0 Å². The second-order valence-electron chi connectivity index (χ2n) is 2.67. The highest BCUT2D eigenvalue weighted by Crippen LogP contribution is 2.24. The Bertz CT molecular complexity index is 443. The zero-order valence-corrected chi connectivity index (χ0v) is 11.4. The highest BCUT2D eigenvalue weighted by atomic mass is 127. The number of nitrogens with zero attached hydrogens (tertiary/aromatic N) is 2. The topological polar surface area (TPSA) is 25.8 Å². The Hall–Kier alpha value is -0.240. The third-order valence-electron chi connectivity index (χ3n) is 1.75. The smallest absolute Gasteiger partial charge is 0.103 e. The predicted molar refractivity (Wildman–Crippen MR) is 72.9 cm³/mol. The third-order valence-corrected chi connectivity index (χ3v) is 4.77. The molecule has 0 N–H and O–H groups in total. The van der Waals surface area contributed by atoms with Gasteiger partial charge in [-0.25, -0.2) is 0 Å². The van der Waals surface area contributed by atoms with Crippen molar-refractivity contribution in [1.82, 2.24) is 9.97 Å². The van der Waals surface area contributed by atoms with Gasteiger partial charge < -0.3 is 0 Å². The third kappa shape index (κ3) is 2.05. The summed E-state index contributed by atoms with van der Waals surface area (Å²) < 4.78 is 2.36. The second kappa shape index (κ2) is 4.52. The number of hydrogen-bond donors (Lipinski definition) is 0. The van der Waals surface area contributed by atoms with Crippen molar-refractivity contribution in [1.29, 1.82) is 0 Å². The number of halogens is 2. The van der Waals surface area contributed by atoms with Crippen molar-refractivity contribution in [2.75, 3.05) is 0 Å². The molecule has 0 saturated heterocycles. The largest absolute Gasteiger partial charge is 0.255 e. The van der Waals surface area contributed by atoms with Gasteiger partial charge in [-0.3, -0.25) is 9.97 Å². The van der Waals surface area contributed by atoms with Gasteiger partial charge >= 0.3 is 0 Å². The lowest BCUT2D eigenvalue weighted by Crippen LogP contribution is -1.92. The summed E-state index contributed by atoms with van der Waals surface area (Å²) >= 11 is 4.60. The molecule has 2 rings (SSSR count). The van der Waals surface area contributed by atoms with Gasteiger partial charge in [0, 0.05) is 16.0 Å². The summed E-state index contributed by atoms with van der Waals surface area (Å²) in [6.07, 6.45) is 3.60. The molecule has 0 unspecified atom stereocenters. The molecule has 0 saturated carbocycles. The maximum absolute atomic E-state index is 4.33. The predicted octanol–water partition coefficient (Wildman–Crippen LogP) is 3.35. The van der Waals surface area contributed by atoms with E-state index < -0.39 is 0 Å². The van der Waals surface area contributed by atoms with Gasteiger partial charge in [0.05, 0.1) is 9.26 Å². The summed E-state index contributed by atoms with van der Waals surface area (Å²) in [6, 6.07) is 7.85. The van der Waals surface area contributed by atoms with E-state index in [0.29, 0.717) is 0 Å². The highest BCUT2D eigenvalue weighted by molar-refractivity contribution is 14.1. The van der Waals surface area contributed by atoms with Gasteiger partial charge in [-0.05, 0) is 63.4 Å². The molecule has 0 spiro atoms. The molecule has 0 aliphatic heterocycles. The molecule has 0 aliphatic rings. The lowest BCUT2D eigenvalue weighted by Gasteiger charge is -2.03. The van der Waals surface area contributed by atoms with E-state index in [1.165, 1.54) is 3.57 Å². The van der Waals surface area contributed by atoms with Gasteiger partial charge in [0.25, 0.3) is 0 Å². The zero-order chi connectivity index (χ0) is 9.97. The van der Waals surface area contributed by atoms with Crippen LogP contribution in [-0.4, -0.2) is 9.97 Å². The number of aromatic nitrogens is 2. The van der Waals surface area contributed by atoms with Gasteiger partial charge in [0.1, 0.15) is 5.69 Å². The first-order chi connectivity index (χ1) is 6.79. The van der Waals surface area contributed by atoms with Gasteiger partial charge in [-0.1, -0.05) is 6.07 Å². The molecule has 0 atom stereocenters. The van der Waals surface area contributed by atoms with E-state index in [2.05, 4.69) is 55.1 Å². The van der Waals surface area contributed by atoms with Crippen LogP contribution in [0.5, 0.6) is 0 Å². The number of hydrogen-bond acceptors (Lipinski definition) is 2. The monoisotopic (exact) mass is 408 g/mol. The minimum absolute atomic E-state index is 0.926. The molecular weight excluding hydrogens is 402 g/mol. The van der Waals surface area contributed by atoms with E-state index in [0.717, 1.165) is 15.0 Å². The minimum Gasteiger partial charge on any atom is -0.255 e.